The molecule has 1 aliphatic carbocycles. The van der Waals surface area contributed by atoms with Crippen LogP contribution in [0.25, 0.3) is 0 Å². The second-order valence-electron chi connectivity index (χ2n) is 9.54. The first-order valence-corrected chi connectivity index (χ1v) is 15.1. The van der Waals surface area contributed by atoms with Crippen molar-refractivity contribution >= 4 is 31.8 Å². The number of ether oxygens (including phenoxy) is 3. The highest BCUT2D eigenvalue weighted by atomic mass is 79.9. The van der Waals surface area contributed by atoms with Crippen molar-refractivity contribution in [1.82, 2.24) is 19.7 Å². The molecule has 5 rings (SSSR count). The van der Waals surface area contributed by atoms with Crippen LogP contribution in [0, 0.1) is 5.82 Å². The number of aromatic nitrogens is 4. The monoisotopic (exact) mass is 645 g/mol. The van der Waals surface area contributed by atoms with Gasteiger partial charge in [-0.15, -0.1) is 0 Å². The summed E-state index contributed by atoms with van der Waals surface area (Å²) in [6.45, 7) is -0.184. The number of aryl methyl sites for hydroxylation is 1. The molecule has 0 N–H and O–H groups in total. The van der Waals surface area contributed by atoms with Gasteiger partial charge >= 0.3 is 0 Å². The van der Waals surface area contributed by atoms with Crippen molar-refractivity contribution in [2.75, 3.05) is 18.5 Å². The average Bonchev–Trinajstić information content (AvgIpc) is 3.61. The molecule has 0 unspecified atom stereocenters. The zero-order valence-corrected chi connectivity index (χ0v) is 25.1. The topological polar surface area (TPSA) is 109 Å². The molecule has 2 aromatic heterocycles. The van der Waals surface area contributed by atoms with E-state index in [9.17, 15) is 8.42 Å². The van der Waals surface area contributed by atoms with Gasteiger partial charge in [-0.05, 0) is 59.5 Å². The molecule has 216 valence electrons. The second kappa shape index (κ2) is 12.0. The fourth-order valence-corrected chi connectivity index (χ4v) is 7.15. The lowest BCUT2D eigenvalue weighted by Gasteiger charge is -2.25. The van der Waals surface area contributed by atoms with Crippen LogP contribution in [0.3, 0.4) is 0 Å². The van der Waals surface area contributed by atoms with Crippen LogP contribution in [0.15, 0.2) is 70.6 Å². The Bertz CT molecular complexity index is 1640. The van der Waals surface area contributed by atoms with Crippen molar-refractivity contribution in [2.24, 2.45) is 7.05 Å². The molecule has 1 saturated carbocycles. The van der Waals surface area contributed by atoms with Crippen molar-refractivity contribution in [1.29, 1.82) is 0 Å². The number of benzene rings is 2. The van der Waals surface area contributed by atoms with Crippen LogP contribution in [-0.4, -0.2) is 48.5 Å². The molecule has 1 aliphatic rings. The zero-order valence-electron chi connectivity index (χ0n) is 22.7. The van der Waals surface area contributed by atoms with E-state index in [2.05, 4.69) is 31.0 Å². The molecule has 4 aromatic rings. The number of hydrogen-bond acceptors (Lipinski definition) is 8. The van der Waals surface area contributed by atoms with E-state index < -0.39 is 20.7 Å². The van der Waals surface area contributed by atoms with Crippen molar-refractivity contribution in [3.8, 4) is 17.2 Å². The van der Waals surface area contributed by atoms with E-state index in [0.717, 1.165) is 35.3 Å². The van der Waals surface area contributed by atoms with Gasteiger partial charge in [0.25, 0.3) is 10.0 Å². The highest BCUT2D eigenvalue weighted by Crippen LogP contribution is 2.40. The number of nitrogens with zero attached hydrogens (tertiary/aromatic N) is 5. The predicted molar refractivity (Wildman–Crippen MR) is 153 cm³/mol. The zero-order chi connectivity index (χ0) is 29.1. The lowest BCUT2D eigenvalue weighted by Crippen LogP contribution is -2.32. The summed E-state index contributed by atoms with van der Waals surface area (Å²) in [5.41, 5.74) is 1.56. The maximum atomic E-state index is 15.7. The molecular weight excluding hydrogens is 617 g/mol. The summed E-state index contributed by atoms with van der Waals surface area (Å²) in [5.74, 6) is 0.390. The fraction of sp³-hybridized carbons (Fsp3) is 0.321. The van der Waals surface area contributed by atoms with E-state index >= 15 is 4.39 Å². The summed E-state index contributed by atoms with van der Waals surface area (Å²) in [5, 5.41) is 4.26. The third-order valence-electron chi connectivity index (χ3n) is 7.15. The van der Waals surface area contributed by atoms with Crippen molar-refractivity contribution < 1.29 is 27.0 Å². The molecule has 0 radical (unpaired) electrons. The minimum atomic E-state index is -4.46. The third-order valence-corrected chi connectivity index (χ3v) is 9.54. The van der Waals surface area contributed by atoms with Crippen LogP contribution < -0.4 is 18.5 Å². The number of anilines is 1. The van der Waals surface area contributed by atoms with E-state index in [1.165, 1.54) is 38.9 Å². The number of rotatable bonds is 10. The SMILES string of the molecule is COc1ccc(CN(c2ccncn2)S(=O)(=O)c2cc(Br)c(O[C@H]3CCC[C@@H]3c3ccnn3C)cc2F)c(OC)c1. The Labute approximate surface area is 246 Å². The lowest BCUT2D eigenvalue weighted by atomic mass is 10.0. The van der Waals surface area contributed by atoms with Gasteiger partial charge in [0.15, 0.2) is 0 Å². The van der Waals surface area contributed by atoms with Crippen LogP contribution in [0.1, 0.15) is 36.4 Å². The van der Waals surface area contributed by atoms with Crippen molar-refractivity contribution in [2.45, 2.75) is 42.7 Å². The van der Waals surface area contributed by atoms with Gasteiger partial charge in [-0.3, -0.25) is 4.68 Å². The van der Waals surface area contributed by atoms with Gasteiger partial charge in [0.05, 0.1) is 25.2 Å². The maximum absolute atomic E-state index is 15.7. The van der Waals surface area contributed by atoms with E-state index in [0.29, 0.717) is 21.5 Å². The quantitative estimate of drug-likeness (QED) is 0.230. The first-order valence-electron chi connectivity index (χ1n) is 12.9. The number of hydrogen-bond donors (Lipinski definition) is 0. The van der Waals surface area contributed by atoms with Gasteiger partial charge in [-0.25, -0.2) is 27.1 Å². The number of halogens is 2. The number of methoxy groups -OCH3 is 2. The standard InChI is InChI=1S/C28H29BrFN5O5S/c1-34-23(9-12-33-34)20-5-4-6-24(20)40-26-15-22(30)27(14-21(26)29)41(36,37)35(28-10-11-31-17-32-28)16-18-7-8-19(38-2)13-25(18)39-3/h7-15,17,20,24H,4-6,16H2,1-3H3/t20-,24+/m1/s1. The summed E-state index contributed by atoms with van der Waals surface area (Å²) in [6.07, 6.45) is 6.84. The predicted octanol–water partition coefficient (Wildman–Crippen LogP) is 5.24. The van der Waals surface area contributed by atoms with Crippen LogP contribution in [0.5, 0.6) is 17.2 Å². The maximum Gasteiger partial charge on any atom is 0.268 e. The smallest absolute Gasteiger partial charge is 0.268 e. The normalized spacial score (nSPS) is 16.9. The van der Waals surface area contributed by atoms with Crippen LogP contribution in [0.2, 0.25) is 0 Å². The summed E-state index contributed by atoms with van der Waals surface area (Å²) in [4.78, 5) is 7.50. The lowest BCUT2D eigenvalue weighted by molar-refractivity contribution is 0.185. The molecule has 0 saturated heterocycles. The molecule has 0 aliphatic heterocycles. The Balaban J connectivity index is 1.48. The minimum Gasteiger partial charge on any atom is -0.497 e. The Morgan fingerprint density at radius 1 is 1.07 bits per heavy atom. The first kappa shape index (κ1) is 28.8. The molecule has 1 fully saturated rings. The Morgan fingerprint density at radius 2 is 1.90 bits per heavy atom. The Morgan fingerprint density at radius 3 is 2.59 bits per heavy atom. The molecule has 0 spiro atoms. The van der Waals surface area contributed by atoms with E-state index in [1.807, 2.05) is 17.8 Å². The van der Waals surface area contributed by atoms with Gasteiger partial charge in [-0.1, -0.05) is 0 Å². The number of sulfonamides is 1. The molecule has 2 atom stereocenters. The Hall–Kier alpha value is -3.71. The van der Waals surface area contributed by atoms with Gasteiger partial charge in [-0.2, -0.15) is 5.10 Å². The summed E-state index contributed by atoms with van der Waals surface area (Å²) in [6, 6.07) is 10.8. The van der Waals surface area contributed by atoms with Crippen molar-refractivity contribution in [3.05, 3.63) is 82.7 Å². The Kier molecular flexibility index (Phi) is 8.45. The molecular formula is C28H29BrFN5O5S. The molecule has 2 aromatic carbocycles. The highest BCUT2D eigenvalue weighted by Gasteiger charge is 2.35. The summed E-state index contributed by atoms with van der Waals surface area (Å²) >= 11 is 3.42. The first-order chi connectivity index (χ1) is 19.7. The van der Waals surface area contributed by atoms with Crippen LogP contribution in [-0.2, 0) is 23.6 Å². The van der Waals surface area contributed by atoms with E-state index in [4.69, 9.17) is 14.2 Å². The van der Waals surface area contributed by atoms with Crippen molar-refractivity contribution in [3.63, 3.8) is 0 Å². The van der Waals surface area contributed by atoms with Crippen LogP contribution >= 0.6 is 15.9 Å². The summed E-state index contributed by atoms with van der Waals surface area (Å²) < 4.78 is 63.9. The van der Waals surface area contributed by atoms with Gasteiger partial charge in [0.1, 0.15) is 46.2 Å². The largest absolute Gasteiger partial charge is 0.497 e. The summed E-state index contributed by atoms with van der Waals surface area (Å²) in [7, 11) is 0.414. The van der Waals surface area contributed by atoms with E-state index in [-0.39, 0.29) is 30.1 Å². The molecule has 0 amide bonds. The van der Waals surface area contributed by atoms with Gasteiger partial charge in [0, 0.05) is 54.8 Å². The molecule has 2 heterocycles. The molecule has 0 bridgehead atoms. The second-order valence-corrected chi connectivity index (χ2v) is 12.2. The van der Waals surface area contributed by atoms with Gasteiger partial charge in [0.2, 0.25) is 0 Å². The minimum absolute atomic E-state index is 0.0682. The molecule has 10 nitrogen and oxygen atoms in total. The molecule has 13 heteroatoms. The highest BCUT2D eigenvalue weighted by molar-refractivity contribution is 9.10. The van der Waals surface area contributed by atoms with Crippen LogP contribution in [0.4, 0.5) is 10.2 Å². The average molecular weight is 647 g/mol. The van der Waals surface area contributed by atoms with Gasteiger partial charge < -0.3 is 14.2 Å². The third kappa shape index (κ3) is 5.87. The molecule has 41 heavy (non-hydrogen) atoms. The fourth-order valence-electron chi connectivity index (χ4n) is 5.09. The van der Waals surface area contributed by atoms with E-state index in [1.54, 1.807) is 24.4 Å².